The van der Waals surface area contributed by atoms with Gasteiger partial charge in [-0.3, -0.25) is 18.7 Å². The van der Waals surface area contributed by atoms with Crippen LogP contribution >= 0.6 is 0 Å². The number of aromatic nitrogens is 2. The first-order chi connectivity index (χ1) is 14.0. The molecule has 0 spiro atoms. The lowest BCUT2D eigenvalue weighted by Gasteiger charge is -2.08. The van der Waals surface area contributed by atoms with Crippen LogP contribution < -0.4 is 16.3 Å². The zero-order chi connectivity index (χ0) is 20.8. The molecule has 8 nitrogen and oxygen atoms in total. The van der Waals surface area contributed by atoms with Crippen LogP contribution in [0.25, 0.3) is 11.0 Å². The number of aryl methyl sites for hydroxylation is 2. The van der Waals surface area contributed by atoms with Crippen LogP contribution in [0.3, 0.4) is 0 Å². The van der Waals surface area contributed by atoms with Gasteiger partial charge in [-0.05, 0) is 43.3 Å². The lowest BCUT2D eigenvalue weighted by Crippen LogP contribution is -2.35. The molecule has 8 heteroatoms. The van der Waals surface area contributed by atoms with Gasteiger partial charge in [0.15, 0.2) is 0 Å². The maximum absolute atomic E-state index is 12.6. The van der Waals surface area contributed by atoms with Crippen LogP contribution in [-0.4, -0.2) is 39.1 Å². The van der Waals surface area contributed by atoms with Gasteiger partial charge in [0.1, 0.15) is 5.75 Å². The lowest BCUT2D eigenvalue weighted by molar-refractivity contribution is -0.121. The Balaban J connectivity index is 1.48. The summed E-state index contributed by atoms with van der Waals surface area (Å²) in [5.74, 6) is -0.378. The summed E-state index contributed by atoms with van der Waals surface area (Å²) >= 11 is 0. The molecule has 0 unspecified atom stereocenters. The highest BCUT2D eigenvalue weighted by Gasteiger charge is 2.12. The Morgan fingerprint density at radius 3 is 2.21 bits per heavy atom. The third kappa shape index (κ3) is 4.66. The van der Waals surface area contributed by atoms with Crippen molar-refractivity contribution in [1.29, 1.82) is 0 Å². The van der Waals surface area contributed by atoms with Gasteiger partial charge in [-0.25, -0.2) is 4.79 Å². The molecule has 0 aliphatic rings. The maximum Gasteiger partial charge on any atom is 0.329 e. The number of nitrogens with zero attached hydrogens (tertiary/aromatic N) is 2. The van der Waals surface area contributed by atoms with Crippen molar-refractivity contribution in [2.75, 3.05) is 13.1 Å². The van der Waals surface area contributed by atoms with E-state index in [0.29, 0.717) is 12.1 Å². The number of carbonyl (C=O) groups excluding carboxylic acids is 2. The Morgan fingerprint density at radius 1 is 0.931 bits per heavy atom. The van der Waals surface area contributed by atoms with Crippen LogP contribution in [0.15, 0.2) is 53.3 Å². The predicted octanol–water partition coefficient (Wildman–Crippen LogP) is 1.46. The molecule has 0 saturated heterocycles. The standard InChI is InChI=1S/C21H24N4O4/c1-2-24-17-5-3-4-6-18(17)25(21(24)29)14-11-19(27)22-12-13-23-20(28)15-7-9-16(26)10-8-15/h3-10,26H,2,11-14H2,1H3,(H,22,27)(H,23,28). The van der Waals surface area contributed by atoms with Crippen LogP contribution in [0.1, 0.15) is 23.7 Å². The molecule has 0 atom stereocenters. The van der Waals surface area contributed by atoms with Crippen LogP contribution in [0.2, 0.25) is 0 Å². The number of carbonyl (C=O) groups is 2. The number of fused-ring (bicyclic) bond motifs is 1. The quantitative estimate of drug-likeness (QED) is 0.501. The van der Waals surface area contributed by atoms with E-state index in [0.717, 1.165) is 11.0 Å². The molecule has 3 rings (SSSR count). The molecule has 0 saturated carbocycles. The van der Waals surface area contributed by atoms with Crippen molar-refractivity contribution in [2.45, 2.75) is 26.4 Å². The van der Waals surface area contributed by atoms with E-state index in [1.807, 2.05) is 31.2 Å². The van der Waals surface area contributed by atoms with Crippen LogP contribution in [0.4, 0.5) is 0 Å². The zero-order valence-electron chi connectivity index (χ0n) is 16.2. The van der Waals surface area contributed by atoms with Gasteiger partial charge in [0.2, 0.25) is 5.91 Å². The van der Waals surface area contributed by atoms with Crippen molar-refractivity contribution < 1.29 is 14.7 Å². The average Bonchev–Trinajstić information content (AvgIpc) is 3.00. The van der Waals surface area contributed by atoms with E-state index >= 15 is 0 Å². The number of phenolic OH excluding ortho intramolecular Hbond substituents is 1. The number of hydrogen-bond donors (Lipinski definition) is 3. The fourth-order valence-electron chi connectivity index (χ4n) is 3.19. The molecule has 29 heavy (non-hydrogen) atoms. The third-order valence-corrected chi connectivity index (χ3v) is 4.67. The number of benzene rings is 2. The van der Waals surface area contributed by atoms with Crippen molar-refractivity contribution in [3.05, 3.63) is 64.6 Å². The van der Waals surface area contributed by atoms with Gasteiger partial charge in [-0.2, -0.15) is 0 Å². The van der Waals surface area contributed by atoms with E-state index in [2.05, 4.69) is 10.6 Å². The van der Waals surface area contributed by atoms with E-state index < -0.39 is 0 Å². The summed E-state index contributed by atoms with van der Waals surface area (Å²) in [6, 6.07) is 13.4. The first-order valence-corrected chi connectivity index (χ1v) is 9.53. The van der Waals surface area contributed by atoms with Gasteiger partial charge in [0, 0.05) is 38.2 Å². The predicted molar refractivity (Wildman–Crippen MR) is 110 cm³/mol. The highest BCUT2D eigenvalue weighted by molar-refractivity contribution is 5.94. The Morgan fingerprint density at radius 2 is 1.55 bits per heavy atom. The Labute approximate surface area is 167 Å². The molecular formula is C21H24N4O4. The molecule has 1 aromatic heterocycles. The lowest BCUT2D eigenvalue weighted by atomic mass is 10.2. The minimum atomic E-state index is -0.279. The fourth-order valence-corrected chi connectivity index (χ4v) is 3.19. The molecule has 0 fully saturated rings. The number of hydrogen-bond acceptors (Lipinski definition) is 4. The smallest absolute Gasteiger partial charge is 0.329 e. The van der Waals surface area contributed by atoms with Crippen molar-refractivity contribution in [3.63, 3.8) is 0 Å². The van der Waals surface area contributed by atoms with E-state index in [1.54, 1.807) is 9.13 Å². The topological polar surface area (TPSA) is 105 Å². The molecule has 0 aliphatic heterocycles. The minimum Gasteiger partial charge on any atom is -0.508 e. The summed E-state index contributed by atoms with van der Waals surface area (Å²) < 4.78 is 3.30. The number of para-hydroxylation sites is 2. The van der Waals surface area contributed by atoms with Gasteiger partial charge in [0.25, 0.3) is 5.91 Å². The van der Waals surface area contributed by atoms with Gasteiger partial charge in [-0.15, -0.1) is 0 Å². The van der Waals surface area contributed by atoms with Gasteiger partial charge >= 0.3 is 5.69 Å². The first-order valence-electron chi connectivity index (χ1n) is 9.53. The third-order valence-electron chi connectivity index (χ3n) is 4.67. The fraction of sp³-hybridized carbons (Fsp3) is 0.286. The molecule has 2 amide bonds. The van der Waals surface area contributed by atoms with E-state index in [-0.39, 0.29) is 49.3 Å². The molecule has 3 N–H and O–H groups in total. The van der Waals surface area contributed by atoms with Gasteiger partial charge in [0.05, 0.1) is 11.0 Å². The highest BCUT2D eigenvalue weighted by Crippen LogP contribution is 2.13. The minimum absolute atomic E-state index is 0.0926. The number of imidazole rings is 1. The van der Waals surface area contributed by atoms with Gasteiger partial charge in [-0.1, -0.05) is 12.1 Å². The molecule has 0 aliphatic carbocycles. The molecule has 152 valence electrons. The average molecular weight is 396 g/mol. The zero-order valence-corrected chi connectivity index (χ0v) is 16.2. The van der Waals surface area contributed by atoms with Crippen molar-refractivity contribution in [3.8, 4) is 5.75 Å². The molecule has 2 aromatic carbocycles. The van der Waals surface area contributed by atoms with Gasteiger partial charge < -0.3 is 15.7 Å². The number of nitrogens with one attached hydrogen (secondary N) is 2. The second-order valence-electron chi connectivity index (χ2n) is 6.57. The molecule has 0 radical (unpaired) electrons. The molecule has 1 heterocycles. The highest BCUT2D eigenvalue weighted by atomic mass is 16.3. The van der Waals surface area contributed by atoms with Crippen LogP contribution in [-0.2, 0) is 17.9 Å². The number of rotatable bonds is 8. The van der Waals surface area contributed by atoms with E-state index in [4.69, 9.17) is 0 Å². The largest absolute Gasteiger partial charge is 0.508 e. The van der Waals surface area contributed by atoms with Crippen LogP contribution in [0.5, 0.6) is 5.75 Å². The Hall–Kier alpha value is -3.55. The van der Waals surface area contributed by atoms with Crippen LogP contribution in [0, 0.1) is 0 Å². The molecule has 3 aromatic rings. The number of amides is 2. The number of phenols is 1. The monoisotopic (exact) mass is 396 g/mol. The summed E-state index contributed by atoms with van der Waals surface area (Å²) in [6.07, 6.45) is 0.170. The Bertz CT molecular complexity index is 1070. The first kappa shape index (κ1) is 20.2. The summed E-state index contributed by atoms with van der Waals surface area (Å²) in [5.41, 5.74) is 1.98. The maximum atomic E-state index is 12.6. The summed E-state index contributed by atoms with van der Waals surface area (Å²) in [4.78, 5) is 36.6. The Kier molecular flexibility index (Phi) is 6.33. The normalized spacial score (nSPS) is 10.8. The number of aromatic hydroxyl groups is 1. The van der Waals surface area contributed by atoms with Crippen molar-refractivity contribution >= 4 is 22.8 Å². The summed E-state index contributed by atoms with van der Waals surface area (Å²) in [7, 11) is 0. The van der Waals surface area contributed by atoms with E-state index in [1.165, 1.54) is 24.3 Å². The SMILES string of the molecule is CCn1c(=O)n(CCC(=O)NCCNC(=O)c2ccc(O)cc2)c2ccccc21. The molecular weight excluding hydrogens is 372 g/mol. The van der Waals surface area contributed by atoms with E-state index in [9.17, 15) is 19.5 Å². The van der Waals surface area contributed by atoms with Crippen molar-refractivity contribution in [1.82, 2.24) is 19.8 Å². The second kappa shape index (κ2) is 9.09. The van der Waals surface area contributed by atoms with Crippen molar-refractivity contribution in [2.24, 2.45) is 0 Å². The summed E-state index contributed by atoms with van der Waals surface area (Å²) in [5, 5.41) is 14.7. The second-order valence-corrected chi connectivity index (χ2v) is 6.57. The summed E-state index contributed by atoms with van der Waals surface area (Å²) in [6.45, 7) is 3.34. The molecule has 0 bridgehead atoms.